The van der Waals surface area contributed by atoms with E-state index in [1.54, 1.807) is 0 Å². The number of piperidine rings is 1. The predicted molar refractivity (Wildman–Crippen MR) is 111 cm³/mol. The Morgan fingerprint density at radius 1 is 1.11 bits per heavy atom. The van der Waals surface area contributed by atoms with Crippen molar-refractivity contribution in [2.45, 2.75) is 89.1 Å². The van der Waals surface area contributed by atoms with Crippen molar-refractivity contribution in [3.63, 3.8) is 0 Å². The molecule has 1 unspecified atom stereocenters. The fraction of sp³-hybridized carbons (Fsp3) is 0.955. The lowest BCUT2D eigenvalue weighted by atomic mass is 9.64. The minimum atomic E-state index is -0.484. The van der Waals surface area contributed by atoms with Crippen LogP contribution in [-0.2, 0) is 9.57 Å². The molecule has 5 rings (SSSR count). The highest BCUT2D eigenvalue weighted by atomic mass is 16.6. The second-order valence-corrected chi connectivity index (χ2v) is 10.1. The van der Waals surface area contributed by atoms with Crippen molar-refractivity contribution in [1.82, 2.24) is 9.80 Å². The van der Waals surface area contributed by atoms with Gasteiger partial charge >= 0.3 is 0 Å². The molecule has 6 nitrogen and oxygen atoms in total. The molecule has 2 bridgehead atoms. The summed E-state index contributed by atoms with van der Waals surface area (Å²) >= 11 is 0. The first-order chi connectivity index (χ1) is 13.4. The van der Waals surface area contributed by atoms with Crippen molar-refractivity contribution in [2.75, 3.05) is 39.3 Å². The summed E-state index contributed by atoms with van der Waals surface area (Å²) in [6.45, 7) is 12.1. The van der Waals surface area contributed by atoms with Gasteiger partial charge in [-0.15, -0.1) is 0 Å². The van der Waals surface area contributed by atoms with Crippen LogP contribution < -0.4 is 0 Å². The number of likely N-dealkylation sites (tertiary alicyclic amines) is 2. The highest BCUT2D eigenvalue weighted by Gasteiger charge is 2.59. The van der Waals surface area contributed by atoms with Gasteiger partial charge < -0.3 is 19.6 Å². The van der Waals surface area contributed by atoms with Crippen LogP contribution in [0.3, 0.4) is 0 Å². The van der Waals surface area contributed by atoms with E-state index in [-0.39, 0.29) is 17.8 Å². The van der Waals surface area contributed by atoms with E-state index in [1.165, 1.54) is 38.5 Å². The second kappa shape index (κ2) is 8.21. The third kappa shape index (κ3) is 4.11. The zero-order chi connectivity index (χ0) is 19.8. The summed E-state index contributed by atoms with van der Waals surface area (Å²) in [5.74, 6) is 0.448. The second-order valence-electron chi connectivity index (χ2n) is 10.1. The van der Waals surface area contributed by atoms with Crippen molar-refractivity contribution < 1.29 is 14.7 Å². The highest BCUT2D eigenvalue weighted by Crippen LogP contribution is 2.50. The number of rotatable bonds is 6. The molecule has 0 radical (unpaired) electrons. The molecule has 1 N–H and O–H groups in total. The number of aliphatic hydroxyl groups excluding tert-OH is 1. The van der Waals surface area contributed by atoms with Crippen molar-refractivity contribution in [3.8, 4) is 0 Å². The van der Waals surface area contributed by atoms with Crippen LogP contribution in [-0.4, -0.2) is 83.3 Å². The molecule has 160 valence electrons. The van der Waals surface area contributed by atoms with Crippen LogP contribution in [0.1, 0.15) is 65.7 Å². The molecular formula is C22H39N3O3. The molecule has 4 atom stereocenters. The third-order valence-corrected chi connectivity index (χ3v) is 7.40. The number of ether oxygens (including phenoxy) is 1. The number of nitrogens with zero attached hydrogens (tertiary/aromatic N) is 3. The molecule has 28 heavy (non-hydrogen) atoms. The average Bonchev–Trinajstić information content (AvgIpc) is 3.15. The zero-order valence-electron chi connectivity index (χ0n) is 18.0. The standard InChI is InChI=1S/C22H39N3O3/c1-21(2)18-9-10-22(3,28-21)20(19(18)25-13-5-4-6-14-25)23-27-16-17(26)15-24-11-7-8-12-24/h17-19,26H,4-16H2,1-3H3/b23-20-/t17?,18-,19+,22+/m1/s1. The molecule has 5 fully saturated rings. The molecule has 0 aromatic carbocycles. The first-order valence-electron chi connectivity index (χ1n) is 11.4. The van der Waals surface area contributed by atoms with Crippen LogP contribution >= 0.6 is 0 Å². The number of aliphatic hydroxyl groups is 1. The lowest BCUT2D eigenvalue weighted by Crippen LogP contribution is -2.70. The van der Waals surface area contributed by atoms with Gasteiger partial charge in [-0.25, -0.2) is 0 Å². The van der Waals surface area contributed by atoms with E-state index in [9.17, 15) is 5.11 Å². The van der Waals surface area contributed by atoms with Gasteiger partial charge in [0, 0.05) is 12.5 Å². The van der Waals surface area contributed by atoms with E-state index in [1.807, 2.05) is 0 Å². The number of fused-ring (bicyclic) bond motifs is 3. The van der Waals surface area contributed by atoms with Gasteiger partial charge in [-0.3, -0.25) is 4.90 Å². The molecule has 5 aliphatic rings. The van der Waals surface area contributed by atoms with Crippen molar-refractivity contribution >= 4 is 5.71 Å². The lowest BCUT2D eigenvalue weighted by Gasteiger charge is -2.60. The van der Waals surface area contributed by atoms with Crippen LogP contribution in [0.15, 0.2) is 5.16 Å². The normalized spacial score (nSPS) is 38.8. The molecule has 4 saturated heterocycles. The quantitative estimate of drug-likeness (QED) is 0.703. The van der Waals surface area contributed by atoms with Crippen LogP contribution in [0.4, 0.5) is 0 Å². The summed E-state index contributed by atoms with van der Waals surface area (Å²) in [5, 5.41) is 15.0. The SMILES string of the molecule is CC1(C)O[C@@]2(C)CC[C@@H]1[C@H](N1CCCCC1)/C2=N/OCC(O)CN1CCCC1. The minimum Gasteiger partial charge on any atom is -0.393 e. The average molecular weight is 394 g/mol. The van der Waals surface area contributed by atoms with E-state index < -0.39 is 6.10 Å². The van der Waals surface area contributed by atoms with E-state index in [2.05, 4.69) is 35.7 Å². The Balaban J connectivity index is 1.46. The van der Waals surface area contributed by atoms with Gasteiger partial charge in [0.1, 0.15) is 24.0 Å². The predicted octanol–water partition coefficient (Wildman–Crippen LogP) is 2.65. The van der Waals surface area contributed by atoms with Crippen molar-refractivity contribution in [3.05, 3.63) is 0 Å². The molecule has 6 heteroatoms. The smallest absolute Gasteiger partial charge is 0.144 e. The Kier molecular flexibility index (Phi) is 6.03. The molecule has 4 aliphatic heterocycles. The zero-order valence-corrected chi connectivity index (χ0v) is 18.0. The van der Waals surface area contributed by atoms with Gasteiger partial charge in [-0.05, 0) is 85.5 Å². The molecule has 0 spiro atoms. The first kappa shape index (κ1) is 20.6. The van der Waals surface area contributed by atoms with E-state index in [0.717, 1.165) is 38.3 Å². The fourth-order valence-corrected chi connectivity index (χ4v) is 5.99. The van der Waals surface area contributed by atoms with Gasteiger partial charge in [0.2, 0.25) is 0 Å². The maximum Gasteiger partial charge on any atom is 0.144 e. The van der Waals surface area contributed by atoms with Gasteiger partial charge in [-0.2, -0.15) is 0 Å². The van der Waals surface area contributed by atoms with Gasteiger partial charge in [0.25, 0.3) is 0 Å². The Morgan fingerprint density at radius 3 is 2.46 bits per heavy atom. The van der Waals surface area contributed by atoms with E-state index in [0.29, 0.717) is 18.5 Å². The molecule has 0 aromatic heterocycles. The Labute approximate surface area is 170 Å². The molecule has 4 heterocycles. The van der Waals surface area contributed by atoms with Crippen LogP contribution in [0.25, 0.3) is 0 Å². The summed E-state index contributed by atoms with van der Waals surface area (Å²) in [6, 6.07) is 0.304. The van der Waals surface area contributed by atoms with Crippen molar-refractivity contribution in [1.29, 1.82) is 0 Å². The topological polar surface area (TPSA) is 57.5 Å². The maximum absolute atomic E-state index is 10.4. The Bertz CT molecular complexity index is 569. The molecule has 1 saturated carbocycles. The summed E-state index contributed by atoms with van der Waals surface area (Å²) in [6.07, 6.45) is 8.04. The Hall–Kier alpha value is -0.690. The number of oxime groups is 1. The number of hydrogen-bond acceptors (Lipinski definition) is 6. The first-order valence-corrected chi connectivity index (χ1v) is 11.4. The molecule has 0 amide bonds. The maximum atomic E-state index is 10.4. The van der Waals surface area contributed by atoms with Crippen LogP contribution in [0.2, 0.25) is 0 Å². The minimum absolute atomic E-state index is 0.136. The summed E-state index contributed by atoms with van der Waals surface area (Å²) < 4.78 is 6.55. The summed E-state index contributed by atoms with van der Waals surface area (Å²) in [7, 11) is 0. The largest absolute Gasteiger partial charge is 0.393 e. The lowest BCUT2D eigenvalue weighted by molar-refractivity contribution is -0.197. The van der Waals surface area contributed by atoms with Gasteiger partial charge in [-0.1, -0.05) is 11.6 Å². The van der Waals surface area contributed by atoms with E-state index >= 15 is 0 Å². The van der Waals surface area contributed by atoms with Crippen LogP contribution in [0, 0.1) is 5.92 Å². The summed E-state index contributed by atoms with van der Waals surface area (Å²) in [4.78, 5) is 10.7. The number of β-amino-alcohol motifs (C(OH)–C–C–N with tert-alkyl or cyclic N) is 1. The Morgan fingerprint density at radius 2 is 1.79 bits per heavy atom. The fourth-order valence-electron chi connectivity index (χ4n) is 5.99. The van der Waals surface area contributed by atoms with Crippen molar-refractivity contribution in [2.24, 2.45) is 11.1 Å². The third-order valence-electron chi connectivity index (χ3n) is 7.40. The van der Waals surface area contributed by atoms with E-state index in [4.69, 9.17) is 9.57 Å². The highest BCUT2D eigenvalue weighted by molar-refractivity contribution is 5.98. The van der Waals surface area contributed by atoms with Gasteiger partial charge in [0.05, 0.1) is 11.6 Å². The monoisotopic (exact) mass is 393 g/mol. The van der Waals surface area contributed by atoms with Crippen LogP contribution in [0.5, 0.6) is 0 Å². The molecular weight excluding hydrogens is 354 g/mol. The number of hydrogen-bond donors (Lipinski definition) is 1. The molecule has 1 aliphatic carbocycles. The van der Waals surface area contributed by atoms with Gasteiger partial charge in [0.15, 0.2) is 0 Å². The summed E-state index contributed by atoms with van der Waals surface area (Å²) in [5.41, 5.74) is 0.558. The molecule has 0 aromatic rings.